The van der Waals surface area contributed by atoms with E-state index < -0.39 is 0 Å². The Labute approximate surface area is 153 Å². The van der Waals surface area contributed by atoms with Gasteiger partial charge >= 0.3 is 5.97 Å². The second kappa shape index (κ2) is 10.5. The summed E-state index contributed by atoms with van der Waals surface area (Å²) >= 11 is 0. The summed E-state index contributed by atoms with van der Waals surface area (Å²) < 4.78 is 5.37. The first-order valence-corrected chi connectivity index (χ1v) is 9.74. The summed E-state index contributed by atoms with van der Waals surface area (Å²) in [5, 5.41) is 10.3. The molecule has 0 saturated carbocycles. The second-order valence-electron chi connectivity index (χ2n) is 8.08. The van der Waals surface area contributed by atoms with E-state index in [0.29, 0.717) is 12.4 Å². The third-order valence-electron chi connectivity index (χ3n) is 4.53. The van der Waals surface area contributed by atoms with E-state index in [0.717, 1.165) is 29.5 Å². The van der Waals surface area contributed by atoms with E-state index in [1.165, 1.54) is 32.1 Å². The summed E-state index contributed by atoms with van der Waals surface area (Å²) in [5.41, 5.74) is 2.43. The maximum Gasteiger partial charge on any atom is 0.310 e. The Morgan fingerprint density at radius 2 is 1.64 bits per heavy atom. The van der Waals surface area contributed by atoms with Gasteiger partial charge in [0.1, 0.15) is 5.75 Å². The Bertz CT molecular complexity index is 541. The molecule has 25 heavy (non-hydrogen) atoms. The highest BCUT2D eigenvalue weighted by atomic mass is 16.5. The molecule has 0 unspecified atom stereocenters. The number of esters is 1. The molecule has 1 N–H and O–H groups in total. The predicted molar refractivity (Wildman–Crippen MR) is 104 cm³/mol. The highest BCUT2D eigenvalue weighted by molar-refractivity contribution is 5.73. The normalized spacial score (nSPS) is 11.6. The topological polar surface area (TPSA) is 46.5 Å². The molecule has 0 aliphatic heterocycles. The van der Waals surface area contributed by atoms with Crippen LogP contribution in [0.2, 0.25) is 0 Å². The first kappa shape index (κ1) is 21.5. The van der Waals surface area contributed by atoms with Gasteiger partial charge in [-0.15, -0.1) is 0 Å². The Morgan fingerprint density at radius 1 is 1.04 bits per heavy atom. The lowest BCUT2D eigenvalue weighted by molar-refractivity contribution is -0.142. The summed E-state index contributed by atoms with van der Waals surface area (Å²) in [4.78, 5) is 12.1. The molecule has 3 nitrogen and oxygen atoms in total. The summed E-state index contributed by atoms with van der Waals surface area (Å²) in [6, 6.07) is 3.80. The first-order valence-electron chi connectivity index (χ1n) is 9.74. The number of benzene rings is 1. The maximum atomic E-state index is 12.1. The molecule has 0 saturated heterocycles. The molecule has 0 aromatic heterocycles. The van der Waals surface area contributed by atoms with Crippen molar-refractivity contribution in [2.75, 3.05) is 6.61 Å². The minimum absolute atomic E-state index is 0.160. The third kappa shape index (κ3) is 7.94. The number of hydrogen-bond acceptors (Lipinski definition) is 3. The Hall–Kier alpha value is -1.51. The van der Waals surface area contributed by atoms with Gasteiger partial charge in [-0.25, -0.2) is 0 Å². The van der Waals surface area contributed by atoms with Crippen molar-refractivity contribution in [3.63, 3.8) is 0 Å². The number of carbonyl (C=O) groups excluding carboxylic acids is 1. The number of unbranched alkanes of at least 4 members (excludes halogenated alkanes) is 6. The molecule has 142 valence electrons. The molecule has 0 radical (unpaired) electrons. The first-order chi connectivity index (χ1) is 11.8. The number of aromatic hydroxyl groups is 1. The average Bonchev–Trinajstić information content (AvgIpc) is 2.52. The van der Waals surface area contributed by atoms with Crippen molar-refractivity contribution in [1.29, 1.82) is 0 Å². The van der Waals surface area contributed by atoms with Gasteiger partial charge in [0.25, 0.3) is 0 Å². The fourth-order valence-corrected chi connectivity index (χ4v) is 2.99. The van der Waals surface area contributed by atoms with Gasteiger partial charge in [-0.3, -0.25) is 4.79 Å². The number of carbonyl (C=O) groups is 1. The number of phenolic OH excluding ortho intramolecular Hbond substituents is 1. The van der Waals surface area contributed by atoms with Crippen LogP contribution in [0.5, 0.6) is 5.75 Å². The monoisotopic (exact) mass is 348 g/mol. The van der Waals surface area contributed by atoms with E-state index in [9.17, 15) is 9.90 Å². The summed E-state index contributed by atoms with van der Waals surface area (Å²) in [7, 11) is 0. The highest BCUT2D eigenvalue weighted by Crippen LogP contribution is 2.34. The lowest BCUT2D eigenvalue weighted by Gasteiger charge is -2.22. The molecule has 0 aliphatic carbocycles. The van der Waals surface area contributed by atoms with Crippen LogP contribution in [0.3, 0.4) is 0 Å². The van der Waals surface area contributed by atoms with E-state index >= 15 is 0 Å². The zero-order valence-electron chi connectivity index (χ0n) is 16.8. The fraction of sp³-hybridized carbons (Fsp3) is 0.682. The molecule has 0 aliphatic rings. The highest BCUT2D eigenvalue weighted by Gasteiger charge is 2.20. The number of ether oxygens (including phenoxy) is 1. The largest absolute Gasteiger partial charge is 0.507 e. The van der Waals surface area contributed by atoms with Crippen molar-refractivity contribution in [3.8, 4) is 5.75 Å². The molecule has 1 aromatic carbocycles. The Morgan fingerprint density at radius 3 is 2.24 bits per heavy atom. The van der Waals surface area contributed by atoms with Crippen molar-refractivity contribution in [1.82, 2.24) is 0 Å². The van der Waals surface area contributed by atoms with Crippen LogP contribution >= 0.6 is 0 Å². The van der Waals surface area contributed by atoms with E-state index in [2.05, 4.69) is 27.7 Å². The average molecular weight is 349 g/mol. The van der Waals surface area contributed by atoms with Gasteiger partial charge < -0.3 is 9.84 Å². The van der Waals surface area contributed by atoms with Gasteiger partial charge in [-0.2, -0.15) is 0 Å². The molecule has 0 atom stereocenters. The van der Waals surface area contributed by atoms with Gasteiger partial charge in [0.15, 0.2) is 0 Å². The van der Waals surface area contributed by atoms with Crippen LogP contribution in [-0.4, -0.2) is 17.7 Å². The van der Waals surface area contributed by atoms with Crippen LogP contribution < -0.4 is 0 Å². The van der Waals surface area contributed by atoms with E-state index in [1.807, 2.05) is 19.1 Å². The molecule has 1 rings (SSSR count). The van der Waals surface area contributed by atoms with E-state index in [4.69, 9.17) is 4.74 Å². The van der Waals surface area contributed by atoms with Crippen LogP contribution in [0.1, 0.15) is 89.3 Å². The fourth-order valence-electron chi connectivity index (χ4n) is 2.99. The van der Waals surface area contributed by atoms with Crippen LogP contribution in [0.25, 0.3) is 0 Å². The molecule has 0 fully saturated rings. The Balaban J connectivity index is 2.41. The van der Waals surface area contributed by atoms with Gasteiger partial charge in [-0.05, 0) is 35.4 Å². The van der Waals surface area contributed by atoms with Crippen LogP contribution in [0.4, 0.5) is 0 Å². The standard InChI is InChI=1S/C22H36O3/c1-6-7-8-9-10-11-12-13-25-20(23)16-18-14-17(2)21(24)19(15-18)22(3,4)5/h14-15,24H,6-13,16H2,1-5H3. The van der Waals surface area contributed by atoms with Gasteiger partial charge in [0, 0.05) is 0 Å². The van der Waals surface area contributed by atoms with Crippen LogP contribution in [-0.2, 0) is 21.4 Å². The number of hydrogen-bond donors (Lipinski definition) is 1. The van der Waals surface area contributed by atoms with E-state index in [-0.39, 0.29) is 17.8 Å². The molecule has 0 heterocycles. The summed E-state index contributed by atoms with van der Waals surface area (Å²) in [5.74, 6) is 0.142. The zero-order valence-corrected chi connectivity index (χ0v) is 16.8. The second-order valence-corrected chi connectivity index (χ2v) is 8.08. The minimum Gasteiger partial charge on any atom is -0.507 e. The molecule has 0 bridgehead atoms. The van der Waals surface area contributed by atoms with Gasteiger partial charge in [0.05, 0.1) is 13.0 Å². The lowest BCUT2D eigenvalue weighted by atomic mass is 9.84. The van der Waals surface area contributed by atoms with Gasteiger partial charge in [0.2, 0.25) is 0 Å². The lowest BCUT2D eigenvalue weighted by Crippen LogP contribution is -2.14. The van der Waals surface area contributed by atoms with Crippen molar-refractivity contribution in [3.05, 3.63) is 28.8 Å². The van der Waals surface area contributed by atoms with Crippen molar-refractivity contribution < 1.29 is 14.6 Å². The van der Waals surface area contributed by atoms with Gasteiger partial charge in [-0.1, -0.05) is 78.4 Å². The minimum atomic E-state index is -0.184. The molecule has 1 aromatic rings. The van der Waals surface area contributed by atoms with Crippen molar-refractivity contribution in [2.45, 2.75) is 91.4 Å². The Kier molecular flexibility index (Phi) is 9.02. The molecule has 3 heteroatoms. The van der Waals surface area contributed by atoms with E-state index in [1.54, 1.807) is 0 Å². The van der Waals surface area contributed by atoms with Crippen molar-refractivity contribution in [2.24, 2.45) is 0 Å². The molecular formula is C22H36O3. The van der Waals surface area contributed by atoms with Crippen LogP contribution in [0, 0.1) is 6.92 Å². The SMILES string of the molecule is CCCCCCCCCOC(=O)Cc1cc(C)c(O)c(C(C)(C)C)c1. The number of aryl methyl sites for hydroxylation is 1. The summed E-state index contributed by atoms with van der Waals surface area (Å²) in [6.45, 7) is 10.8. The molecular weight excluding hydrogens is 312 g/mol. The maximum absolute atomic E-state index is 12.1. The smallest absolute Gasteiger partial charge is 0.310 e. The summed E-state index contributed by atoms with van der Waals surface area (Å²) in [6.07, 6.45) is 8.74. The molecule has 0 amide bonds. The van der Waals surface area contributed by atoms with Crippen LogP contribution in [0.15, 0.2) is 12.1 Å². The number of phenols is 1. The van der Waals surface area contributed by atoms with Crippen molar-refractivity contribution >= 4 is 5.97 Å². The third-order valence-corrected chi connectivity index (χ3v) is 4.53. The number of rotatable bonds is 10. The molecule has 0 spiro atoms. The predicted octanol–water partition coefficient (Wildman–Crippen LogP) is 5.83. The zero-order chi connectivity index (χ0) is 18.9. The quantitative estimate of drug-likeness (QED) is 0.427.